The third kappa shape index (κ3) is 4.01. The monoisotopic (exact) mass is 472 g/mol. The summed E-state index contributed by atoms with van der Waals surface area (Å²) >= 11 is 0. The van der Waals surface area contributed by atoms with Crippen LogP contribution in [0.2, 0.25) is 0 Å². The highest BCUT2D eigenvalue weighted by molar-refractivity contribution is 6.10. The zero-order valence-corrected chi connectivity index (χ0v) is 19.0. The van der Waals surface area contributed by atoms with E-state index in [1.165, 1.54) is 6.07 Å². The van der Waals surface area contributed by atoms with Crippen LogP contribution in [-0.4, -0.2) is 20.4 Å². The van der Waals surface area contributed by atoms with Gasteiger partial charge >= 0.3 is 6.03 Å². The molecule has 0 aliphatic carbocycles. The molecule has 0 fully saturated rings. The number of aromatic nitrogens is 3. The normalized spacial score (nSPS) is 11.3. The number of nitrogens with zero attached hydrogens (tertiary/aromatic N) is 3. The number of nitrogens with one attached hydrogen (secondary N) is 2. The minimum atomic E-state index is -1.04. The van der Waals surface area contributed by atoms with Crippen LogP contribution >= 0.6 is 0 Å². The molecule has 0 bridgehead atoms. The standard InChI is InChI=1S/C26H22F2N6O/c1-14(2)25-33-22(23-24(29)30-11-12-34(23)25)18-8-10-21(17-6-4-3-5-16(17)18)32-26(35)31-15-7-9-19(27)20(28)13-15/h3-14H,1-2H3,(H2,29,30)(H2,31,32,35). The zero-order chi connectivity index (χ0) is 24.7. The number of fused-ring (bicyclic) bond motifs is 2. The number of nitrogens with two attached hydrogens (primary N) is 1. The van der Waals surface area contributed by atoms with E-state index in [4.69, 9.17) is 10.7 Å². The molecule has 7 nitrogen and oxygen atoms in total. The van der Waals surface area contributed by atoms with Crippen LogP contribution in [0, 0.1) is 11.6 Å². The zero-order valence-electron chi connectivity index (χ0n) is 19.0. The first-order valence-corrected chi connectivity index (χ1v) is 11.0. The van der Waals surface area contributed by atoms with Gasteiger partial charge < -0.3 is 16.4 Å². The van der Waals surface area contributed by atoms with Gasteiger partial charge in [0.2, 0.25) is 0 Å². The minimum absolute atomic E-state index is 0.135. The number of rotatable bonds is 4. The van der Waals surface area contributed by atoms with Crippen LogP contribution in [0.25, 0.3) is 27.5 Å². The number of hydrogen-bond donors (Lipinski definition) is 3. The number of halogens is 2. The highest BCUT2D eigenvalue weighted by atomic mass is 19.2. The molecule has 0 atom stereocenters. The van der Waals surface area contributed by atoms with Gasteiger partial charge in [0, 0.05) is 41.0 Å². The summed E-state index contributed by atoms with van der Waals surface area (Å²) in [5, 5.41) is 6.94. The Balaban J connectivity index is 1.56. The quantitative estimate of drug-likeness (QED) is 0.291. The van der Waals surface area contributed by atoms with E-state index in [0.717, 1.165) is 39.8 Å². The Morgan fingerprint density at radius 1 is 1.00 bits per heavy atom. The van der Waals surface area contributed by atoms with E-state index < -0.39 is 17.7 Å². The van der Waals surface area contributed by atoms with Crippen LogP contribution in [0.15, 0.2) is 67.0 Å². The third-order valence-electron chi connectivity index (χ3n) is 5.73. The maximum atomic E-state index is 13.5. The maximum absolute atomic E-state index is 13.5. The van der Waals surface area contributed by atoms with E-state index in [1.807, 2.05) is 40.9 Å². The Hall–Kier alpha value is -4.53. The van der Waals surface area contributed by atoms with E-state index in [1.54, 1.807) is 12.3 Å². The number of nitrogen functional groups attached to an aromatic ring is 1. The van der Waals surface area contributed by atoms with Crippen molar-refractivity contribution in [2.75, 3.05) is 16.4 Å². The van der Waals surface area contributed by atoms with Crippen molar-refractivity contribution in [2.45, 2.75) is 19.8 Å². The van der Waals surface area contributed by atoms with Crippen LogP contribution < -0.4 is 16.4 Å². The molecule has 0 aliphatic heterocycles. The second kappa shape index (κ2) is 8.68. The summed E-state index contributed by atoms with van der Waals surface area (Å²) in [7, 11) is 0. The summed E-state index contributed by atoms with van der Waals surface area (Å²) in [6.45, 7) is 4.12. The van der Waals surface area contributed by atoms with Crippen LogP contribution in [0.4, 0.5) is 30.8 Å². The molecule has 0 unspecified atom stereocenters. The molecular formula is C26H22F2N6O. The Bertz CT molecular complexity index is 1590. The number of anilines is 3. The second-order valence-electron chi connectivity index (χ2n) is 8.42. The molecule has 0 radical (unpaired) electrons. The van der Waals surface area contributed by atoms with Crippen molar-refractivity contribution in [3.05, 3.63) is 84.4 Å². The van der Waals surface area contributed by atoms with Gasteiger partial charge in [0.1, 0.15) is 22.9 Å². The molecule has 2 heterocycles. The lowest BCUT2D eigenvalue weighted by molar-refractivity contribution is 0.262. The van der Waals surface area contributed by atoms with Crippen molar-refractivity contribution in [1.82, 2.24) is 14.4 Å². The third-order valence-corrected chi connectivity index (χ3v) is 5.73. The van der Waals surface area contributed by atoms with Gasteiger partial charge in [-0.25, -0.2) is 23.5 Å². The average Bonchev–Trinajstić information content (AvgIpc) is 3.23. The number of hydrogen-bond acceptors (Lipinski definition) is 4. The number of urea groups is 1. The van der Waals surface area contributed by atoms with Crippen LogP contribution in [0.1, 0.15) is 25.6 Å². The van der Waals surface area contributed by atoms with Gasteiger partial charge in [-0.1, -0.05) is 44.2 Å². The van der Waals surface area contributed by atoms with Gasteiger partial charge in [0.25, 0.3) is 0 Å². The number of carbonyl (C=O) groups excluding carboxylic acids is 1. The minimum Gasteiger partial charge on any atom is -0.382 e. The summed E-state index contributed by atoms with van der Waals surface area (Å²) in [6, 6.07) is 13.8. The van der Waals surface area contributed by atoms with Gasteiger partial charge in [0.15, 0.2) is 11.6 Å². The first-order valence-electron chi connectivity index (χ1n) is 11.0. The van der Waals surface area contributed by atoms with Gasteiger partial charge in [-0.3, -0.25) is 4.40 Å². The molecule has 3 aromatic carbocycles. The molecule has 176 valence electrons. The van der Waals surface area contributed by atoms with Crippen molar-refractivity contribution < 1.29 is 13.6 Å². The molecular weight excluding hydrogens is 450 g/mol. The molecule has 0 aliphatic rings. The fraction of sp³-hybridized carbons (Fsp3) is 0.115. The lowest BCUT2D eigenvalue weighted by atomic mass is 10.00. The number of benzene rings is 3. The first kappa shape index (κ1) is 22.3. The Morgan fingerprint density at radius 3 is 2.51 bits per heavy atom. The van der Waals surface area contributed by atoms with E-state index in [2.05, 4.69) is 29.5 Å². The van der Waals surface area contributed by atoms with Gasteiger partial charge in [0.05, 0.1) is 5.69 Å². The lowest BCUT2D eigenvalue weighted by Crippen LogP contribution is -2.19. The van der Waals surface area contributed by atoms with E-state index in [0.29, 0.717) is 17.2 Å². The smallest absolute Gasteiger partial charge is 0.323 e. The average molecular weight is 472 g/mol. The molecule has 5 aromatic rings. The highest BCUT2D eigenvalue weighted by Crippen LogP contribution is 2.37. The van der Waals surface area contributed by atoms with Gasteiger partial charge in [-0.2, -0.15) is 0 Å². The molecule has 0 spiro atoms. The Labute approximate surface area is 199 Å². The second-order valence-corrected chi connectivity index (χ2v) is 8.42. The van der Waals surface area contributed by atoms with E-state index in [-0.39, 0.29) is 11.6 Å². The summed E-state index contributed by atoms with van der Waals surface area (Å²) in [4.78, 5) is 21.8. The number of imidazole rings is 1. The predicted octanol–water partition coefficient (Wildman–Crippen LogP) is 6.18. The summed E-state index contributed by atoms with van der Waals surface area (Å²) in [5.41, 5.74) is 9.20. The highest BCUT2D eigenvalue weighted by Gasteiger charge is 2.20. The van der Waals surface area contributed by atoms with Gasteiger partial charge in [-0.15, -0.1) is 0 Å². The first-order chi connectivity index (χ1) is 16.8. The fourth-order valence-corrected chi connectivity index (χ4v) is 4.16. The van der Waals surface area contributed by atoms with Crippen LogP contribution in [0.5, 0.6) is 0 Å². The van der Waals surface area contributed by atoms with Gasteiger partial charge in [-0.05, 0) is 23.6 Å². The van der Waals surface area contributed by atoms with Crippen molar-refractivity contribution >= 4 is 39.5 Å². The Morgan fingerprint density at radius 2 is 1.77 bits per heavy atom. The SMILES string of the molecule is CC(C)c1nc(-c2ccc(NC(=O)Nc3ccc(F)c(F)c3)c3ccccc23)c2c(N)nccn12. The molecule has 0 saturated heterocycles. The van der Waals surface area contributed by atoms with Crippen molar-refractivity contribution in [3.63, 3.8) is 0 Å². The summed E-state index contributed by atoms with van der Waals surface area (Å²) in [6.07, 6.45) is 3.49. The van der Waals surface area contributed by atoms with Crippen LogP contribution in [0.3, 0.4) is 0 Å². The van der Waals surface area contributed by atoms with Crippen LogP contribution in [-0.2, 0) is 0 Å². The topological polar surface area (TPSA) is 97.3 Å². The number of carbonyl (C=O) groups is 1. The summed E-state index contributed by atoms with van der Waals surface area (Å²) < 4.78 is 28.6. The predicted molar refractivity (Wildman–Crippen MR) is 133 cm³/mol. The lowest BCUT2D eigenvalue weighted by Gasteiger charge is -2.13. The molecule has 0 saturated carbocycles. The molecule has 2 amide bonds. The fourth-order valence-electron chi connectivity index (χ4n) is 4.16. The van der Waals surface area contributed by atoms with E-state index >= 15 is 0 Å². The maximum Gasteiger partial charge on any atom is 0.323 e. The van der Waals surface area contributed by atoms with E-state index in [9.17, 15) is 13.6 Å². The molecule has 9 heteroatoms. The largest absolute Gasteiger partial charge is 0.382 e. The molecule has 35 heavy (non-hydrogen) atoms. The summed E-state index contributed by atoms with van der Waals surface area (Å²) in [5.74, 6) is -0.633. The number of amides is 2. The van der Waals surface area contributed by atoms with Crippen molar-refractivity contribution in [3.8, 4) is 11.3 Å². The molecule has 5 rings (SSSR count). The Kier molecular flexibility index (Phi) is 5.52. The van der Waals surface area contributed by atoms with Crippen molar-refractivity contribution in [1.29, 1.82) is 0 Å². The molecule has 2 aromatic heterocycles. The molecule has 4 N–H and O–H groups in total. The van der Waals surface area contributed by atoms with Crippen molar-refractivity contribution in [2.24, 2.45) is 0 Å².